The number of guanidine groups is 1. The maximum absolute atomic E-state index is 12.2. The van der Waals surface area contributed by atoms with Crippen LogP contribution < -0.4 is 15.5 Å². The van der Waals surface area contributed by atoms with Gasteiger partial charge in [-0.25, -0.2) is 0 Å². The maximum Gasteiger partial charge on any atom is 0.191 e. The third kappa shape index (κ3) is 6.24. The zero-order chi connectivity index (χ0) is 19.9. The molecule has 148 valence electrons. The number of aliphatic imine (C=N–C) groups is 1. The number of nitrogens with one attached hydrogen (secondary N) is 2. The van der Waals surface area contributed by atoms with Crippen LogP contribution in [0.4, 0.5) is 5.69 Å². The van der Waals surface area contributed by atoms with E-state index < -0.39 is 10.8 Å². The second-order valence-electron chi connectivity index (χ2n) is 7.72. The second kappa shape index (κ2) is 9.75. The van der Waals surface area contributed by atoms with E-state index in [0.717, 1.165) is 37.6 Å². The number of benzene rings is 1. The largest absolute Gasteiger partial charge is 0.368 e. The highest BCUT2D eigenvalue weighted by atomic mass is 32.2. The maximum atomic E-state index is 12.2. The van der Waals surface area contributed by atoms with Gasteiger partial charge in [-0.3, -0.25) is 9.20 Å². The van der Waals surface area contributed by atoms with Crippen LogP contribution in [-0.2, 0) is 10.8 Å². The molecule has 0 aliphatic carbocycles. The SMILES string of the molecule is CN=C(NCCS(=O)C(C)(C)C)NC1CCCN(c2ccccc2C#N)C1. The summed E-state index contributed by atoms with van der Waals surface area (Å²) in [4.78, 5) is 6.56. The fourth-order valence-corrected chi connectivity index (χ4v) is 4.01. The number of anilines is 1. The number of nitrogens with zero attached hydrogens (tertiary/aromatic N) is 3. The Balaban J connectivity index is 1.90. The molecule has 7 heteroatoms. The van der Waals surface area contributed by atoms with Gasteiger partial charge >= 0.3 is 0 Å². The van der Waals surface area contributed by atoms with E-state index in [4.69, 9.17) is 0 Å². The summed E-state index contributed by atoms with van der Waals surface area (Å²) in [6.45, 7) is 8.38. The van der Waals surface area contributed by atoms with Gasteiger partial charge < -0.3 is 15.5 Å². The predicted molar refractivity (Wildman–Crippen MR) is 114 cm³/mol. The van der Waals surface area contributed by atoms with Crippen LogP contribution in [0.1, 0.15) is 39.2 Å². The molecular formula is C20H31N5OS. The van der Waals surface area contributed by atoms with Crippen LogP contribution >= 0.6 is 0 Å². The van der Waals surface area contributed by atoms with E-state index in [9.17, 15) is 9.47 Å². The van der Waals surface area contributed by atoms with E-state index in [1.807, 2.05) is 45.0 Å². The Morgan fingerprint density at radius 3 is 2.81 bits per heavy atom. The van der Waals surface area contributed by atoms with Crippen LogP contribution in [0.15, 0.2) is 29.3 Å². The van der Waals surface area contributed by atoms with E-state index in [1.165, 1.54) is 0 Å². The zero-order valence-electron chi connectivity index (χ0n) is 16.8. The lowest BCUT2D eigenvalue weighted by Gasteiger charge is -2.35. The lowest BCUT2D eigenvalue weighted by atomic mass is 10.0. The minimum Gasteiger partial charge on any atom is -0.368 e. The Morgan fingerprint density at radius 2 is 2.15 bits per heavy atom. The van der Waals surface area contributed by atoms with Gasteiger partial charge in [0, 0.05) is 54.0 Å². The number of para-hydroxylation sites is 1. The summed E-state index contributed by atoms with van der Waals surface area (Å²) in [6, 6.07) is 10.3. The first kappa shape index (κ1) is 21.2. The van der Waals surface area contributed by atoms with Crippen molar-refractivity contribution >= 4 is 22.4 Å². The fraction of sp³-hybridized carbons (Fsp3) is 0.600. The van der Waals surface area contributed by atoms with Gasteiger partial charge in [0.05, 0.1) is 11.3 Å². The molecule has 1 aromatic rings. The molecule has 0 saturated carbocycles. The summed E-state index contributed by atoms with van der Waals surface area (Å²) in [5, 5.41) is 16.1. The van der Waals surface area contributed by atoms with Crippen molar-refractivity contribution in [3.05, 3.63) is 29.8 Å². The van der Waals surface area contributed by atoms with E-state index in [0.29, 0.717) is 17.9 Å². The minimum absolute atomic E-state index is 0.198. The first-order valence-electron chi connectivity index (χ1n) is 9.45. The summed E-state index contributed by atoms with van der Waals surface area (Å²) < 4.78 is 12.0. The quantitative estimate of drug-likeness (QED) is 0.596. The van der Waals surface area contributed by atoms with E-state index >= 15 is 0 Å². The molecule has 1 saturated heterocycles. The third-order valence-electron chi connectivity index (χ3n) is 4.61. The lowest BCUT2D eigenvalue weighted by Crippen LogP contribution is -2.52. The predicted octanol–water partition coefficient (Wildman–Crippen LogP) is 2.24. The van der Waals surface area contributed by atoms with Crippen molar-refractivity contribution in [3.63, 3.8) is 0 Å². The molecular weight excluding hydrogens is 358 g/mol. The van der Waals surface area contributed by atoms with Gasteiger partial charge in [0.25, 0.3) is 0 Å². The topological polar surface area (TPSA) is 80.5 Å². The first-order chi connectivity index (χ1) is 12.8. The number of rotatable bonds is 5. The normalized spacial score (nSPS) is 19.3. The average Bonchev–Trinajstić information content (AvgIpc) is 2.66. The van der Waals surface area contributed by atoms with Crippen molar-refractivity contribution in [2.24, 2.45) is 4.99 Å². The molecule has 0 bridgehead atoms. The molecule has 1 aromatic carbocycles. The number of piperidine rings is 1. The van der Waals surface area contributed by atoms with E-state index in [1.54, 1.807) is 7.05 Å². The van der Waals surface area contributed by atoms with Gasteiger partial charge in [-0.15, -0.1) is 0 Å². The van der Waals surface area contributed by atoms with Crippen molar-refractivity contribution in [2.45, 2.75) is 44.4 Å². The second-order valence-corrected chi connectivity index (χ2v) is 10.0. The Hall–Kier alpha value is -2.07. The van der Waals surface area contributed by atoms with Crippen LogP contribution in [0.2, 0.25) is 0 Å². The van der Waals surface area contributed by atoms with E-state index in [-0.39, 0.29) is 10.8 Å². The Morgan fingerprint density at radius 1 is 1.41 bits per heavy atom. The van der Waals surface area contributed by atoms with Gasteiger partial charge in [0.2, 0.25) is 0 Å². The molecule has 0 aromatic heterocycles. The summed E-state index contributed by atoms with van der Waals surface area (Å²) in [5.41, 5.74) is 1.71. The minimum atomic E-state index is -0.881. The smallest absolute Gasteiger partial charge is 0.191 e. The Labute approximate surface area is 165 Å². The van der Waals surface area contributed by atoms with Gasteiger partial charge in [0.15, 0.2) is 5.96 Å². The molecule has 2 unspecified atom stereocenters. The molecule has 2 rings (SSSR count). The van der Waals surface area contributed by atoms with Gasteiger partial charge in [-0.05, 0) is 45.7 Å². The van der Waals surface area contributed by atoms with Crippen molar-refractivity contribution in [1.29, 1.82) is 5.26 Å². The van der Waals surface area contributed by atoms with Crippen molar-refractivity contribution in [2.75, 3.05) is 37.3 Å². The summed E-state index contributed by atoms with van der Waals surface area (Å²) in [6.07, 6.45) is 2.11. The number of hydrogen-bond acceptors (Lipinski definition) is 4. The molecule has 1 aliphatic heterocycles. The highest BCUT2D eigenvalue weighted by Gasteiger charge is 2.23. The van der Waals surface area contributed by atoms with Crippen LogP contribution in [0.3, 0.4) is 0 Å². The van der Waals surface area contributed by atoms with Gasteiger partial charge in [-0.1, -0.05) is 12.1 Å². The van der Waals surface area contributed by atoms with Crippen LogP contribution in [0.25, 0.3) is 0 Å². The molecule has 2 N–H and O–H groups in total. The molecule has 0 amide bonds. The molecule has 0 radical (unpaired) electrons. The monoisotopic (exact) mass is 389 g/mol. The zero-order valence-corrected chi connectivity index (χ0v) is 17.6. The summed E-state index contributed by atoms with van der Waals surface area (Å²) >= 11 is 0. The van der Waals surface area contributed by atoms with Crippen LogP contribution in [-0.4, -0.2) is 53.4 Å². The fourth-order valence-electron chi connectivity index (χ4n) is 3.11. The Bertz CT molecular complexity index is 720. The van der Waals surface area contributed by atoms with Gasteiger partial charge in [-0.2, -0.15) is 5.26 Å². The van der Waals surface area contributed by atoms with Crippen molar-refractivity contribution < 1.29 is 4.21 Å². The lowest BCUT2D eigenvalue weighted by molar-refractivity contribution is 0.468. The molecule has 2 atom stereocenters. The van der Waals surface area contributed by atoms with Crippen molar-refractivity contribution in [1.82, 2.24) is 10.6 Å². The highest BCUT2D eigenvalue weighted by Crippen LogP contribution is 2.23. The molecule has 0 spiro atoms. The van der Waals surface area contributed by atoms with E-state index in [2.05, 4.69) is 26.6 Å². The molecule has 6 nitrogen and oxygen atoms in total. The summed E-state index contributed by atoms with van der Waals surface area (Å²) in [5.74, 6) is 1.33. The standard InChI is InChI=1S/C20H31N5OS/c1-20(2,3)27(26)13-11-23-19(22-4)24-17-9-7-12-25(15-17)18-10-6-5-8-16(18)14-21/h5-6,8,10,17H,7,9,11-13,15H2,1-4H3,(H2,22,23,24). The molecule has 1 fully saturated rings. The summed E-state index contributed by atoms with van der Waals surface area (Å²) in [7, 11) is 0.871. The first-order valence-corrected chi connectivity index (χ1v) is 10.8. The van der Waals surface area contributed by atoms with Crippen LogP contribution in [0, 0.1) is 11.3 Å². The molecule has 27 heavy (non-hydrogen) atoms. The average molecular weight is 390 g/mol. The van der Waals surface area contributed by atoms with Crippen molar-refractivity contribution in [3.8, 4) is 6.07 Å². The molecule has 1 heterocycles. The van der Waals surface area contributed by atoms with Crippen LogP contribution in [0.5, 0.6) is 0 Å². The van der Waals surface area contributed by atoms with Gasteiger partial charge in [0.1, 0.15) is 6.07 Å². The number of nitriles is 1. The molecule has 1 aliphatic rings. The highest BCUT2D eigenvalue weighted by molar-refractivity contribution is 7.86. The third-order valence-corrected chi connectivity index (χ3v) is 6.55. The number of hydrogen-bond donors (Lipinski definition) is 2. The Kier molecular flexibility index (Phi) is 7.66.